The van der Waals surface area contributed by atoms with E-state index in [-0.39, 0.29) is 12.5 Å². The Morgan fingerprint density at radius 3 is 2.33 bits per heavy atom. The van der Waals surface area contributed by atoms with E-state index in [1.807, 2.05) is 0 Å². The molecule has 0 bridgehead atoms. The first kappa shape index (κ1) is 14.7. The molecule has 2 unspecified atom stereocenters. The number of nitrogens with two attached hydrogens (primary N) is 1. The number of hydrogen-bond donors (Lipinski definition) is 2. The van der Waals surface area contributed by atoms with E-state index in [0.29, 0.717) is 12.3 Å². The van der Waals surface area contributed by atoms with E-state index in [9.17, 15) is 4.79 Å². The number of carbonyl (C=O) groups is 1. The molecule has 0 aliphatic rings. The van der Waals surface area contributed by atoms with Gasteiger partial charge in [0.1, 0.15) is 0 Å². The molecule has 0 saturated carbocycles. The van der Waals surface area contributed by atoms with Crippen molar-refractivity contribution in [2.24, 2.45) is 5.73 Å². The zero-order valence-electron chi connectivity index (χ0n) is 11.2. The summed E-state index contributed by atoms with van der Waals surface area (Å²) in [6.45, 7) is 4.39. The van der Waals surface area contributed by atoms with Gasteiger partial charge in [-0.05, 0) is 36.3 Å². The molecule has 0 aromatic heterocycles. The fourth-order valence-corrected chi connectivity index (χ4v) is 1.95. The Labute approximate surface area is 109 Å². The summed E-state index contributed by atoms with van der Waals surface area (Å²) in [7, 11) is 0. The summed E-state index contributed by atoms with van der Waals surface area (Å²) < 4.78 is 0. The Hall–Kier alpha value is -1.35. The highest BCUT2D eigenvalue weighted by Crippen LogP contribution is 2.22. The van der Waals surface area contributed by atoms with Crippen LogP contribution in [0.4, 0.5) is 0 Å². The van der Waals surface area contributed by atoms with Gasteiger partial charge in [0, 0.05) is 12.5 Å². The second-order valence-electron chi connectivity index (χ2n) is 4.87. The number of carboxylic acid groups (broad SMARTS) is 1. The lowest BCUT2D eigenvalue weighted by Gasteiger charge is -2.14. The van der Waals surface area contributed by atoms with Crippen LogP contribution in [0.3, 0.4) is 0 Å². The van der Waals surface area contributed by atoms with E-state index in [1.54, 1.807) is 0 Å². The SMILES string of the molecule is CCC(C)c1ccc(C(N)CCCC(=O)O)cc1. The lowest BCUT2D eigenvalue weighted by molar-refractivity contribution is -0.137. The zero-order chi connectivity index (χ0) is 13.5. The highest BCUT2D eigenvalue weighted by atomic mass is 16.4. The van der Waals surface area contributed by atoms with Crippen LogP contribution in [0, 0.1) is 0 Å². The van der Waals surface area contributed by atoms with Crippen LogP contribution in [0.25, 0.3) is 0 Å². The first-order valence-corrected chi connectivity index (χ1v) is 6.61. The Morgan fingerprint density at radius 1 is 1.28 bits per heavy atom. The summed E-state index contributed by atoms with van der Waals surface area (Å²) in [5, 5.41) is 8.58. The van der Waals surface area contributed by atoms with Gasteiger partial charge in [-0.15, -0.1) is 0 Å². The number of aliphatic carboxylic acids is 1. The van der Waals surface area contributed by atoms with Gasteiger partial charge in [0.05, 0.1) is 0 Å². The first-order chi connectivity index (χ1) is 8.54. The number of carboxylic acids is 1. The molecule has 0 heterocycles. The molecule has 0 fully saturated rings. The molecule has 3 N–H and O–H groups in total. The summed E-state index contributed by atoms with van der Waals surface area (Å²) >= 11 is 0. The smallest absolute Gasteiger partial charge is 0.303 e. The summed E-state index contributed by atoms with van der Waals surface area (Å²) in [4.78, 5) is 10.4. The second-order valence-corrected chi connectivity index (χ2v) is 4.87. The summed E-state index contributed by atoms with van der Waals surface area (Å²) in [5.74, 6) is -0.184. The maximum Gasteiger partial charge on any atom is 0.303 e. The molecule has 2 atom stereocenters. The average molecular weight is 249 g/mol. The van der Waals surface area contributed by atoms with Crippen molar-refractivity contribution in [3.8, 4) is 0 Å². The van der Waals surface area contributed by atoms with Crippen molar-refractivity contribution in [1.82, 2.24) is 0 Å². The van der Waals surface area contributed by atoms with Gasteiger partial charge < -0.3 is 10.8 Å². The van der Waals surface area contributed by atoms with Crippen LogP contribution < -0.4 is 5.73 Å². The summed E-state index contributed by atoms with van der Waals surface area (Å²) in [6.07, 6.45) is 2.67. The molecule has 0 radical (unpaired) electrons. The van der Waals surface area contributed by atoms with Gasteiger partial charge in [-0.2, -0.15) is 0 Å². The minimum absolute atomic E-state index is 0.0599. The van der Waals surface area contributed by atoms with Crippen molar-refractivity contribution in [3.63, 3.8) is 0 Å². The van der Waals surface area contributed by atoms with Gasteiger partial charge in [0.2, 0.25) is 0 Å². The second kappa shape index (κ2) is 7.17. The molecule has 18 heavy (non-hydrogen) atoms. The molecule has 1 aromatic rings. The van der Waals surface area contributed by atoms with Gasteiger partial charge in [-0.3, -0.25) is 4.79 Å². The van der Waals surface area contributed by atoms with E-state index in [1.165, 1.54) is 5.56 Å². The molecular formula is C15H23NO2. The average Bonchev–Trinajstić information content (AvgIpc) is 2.37. The maximum absolute atomic E-state index is 10.4. The van der Waals surface area contributed by atoms with Crippen molar-refractivity contribution < 1.29 is 9.90 Å². The predicted molar refractivity (Wildman–Crippen MR) is 73.6 cm³/mol. The zero-order valence-corrected chi connectivity index (χ0v) is 11.2. The summed E-state index contributed by atoms with van der Waals surface area (Å²) in [5.41, 5.74) is 8.47. The predicted octanol–water partition coefficient (Wildman–Crippen LogP) is 3.45. The Bertz CT molecular complexity index is 373. The van der Waals surface area contributed by atoms with Gasteiger partial charge in [-0.1, -0.05) is 38.1 Å². The number of hydrogen-bond acceptors (Lipinski definition) is 2. The Kier molecular flexibility index (Phi) is 5.86. The molecule has 0 aliphatic heterocycles. The van der Waals surface area contributed by atoms with Crippen molar-refractivity contribution in [2.75, 3.05) is 0 Å². The molecule has 1 rings (SSSR count). The van der Waals surface area contributed by atoms with Gasteiger partial charge in [0.15, 0.2) is 0 Å². The molecule has 0 amide bonds. The molecule has 3 heteroatoms. The van der Waals surface area contributed by atoms with E-state index < -0.39 is 5.97 Å². The third-order valence-electron chi connectivity index (χ3n) is 3.45. The number of benzene rings is 1. The fourth-order valence-electron chi connectivity index (χ4n) is 1.95. The van der Waals surface area contributed by atoms with Crippen LogP contribution in [-0.4, -0.2) is 11.1 Å². The van der Waals surface area contributed by atoms with Crippen LogP contribution in [0.2, 0.25) is 0 Å². The van der Waals surface area contributed by atoms with Crippen molar-refractivity contribution in [1.29, 1.82) is 0 Å². The highest BCUT2D eigenvalue weighted by molar-refractivity contribution is 5.66. The molecule has 0 saturated heterocycles. The molecule has 1 aromatic carbocycles. The monoisotopic (exact) mass is 249 g/mol. The summed E-state index contributed by atoms with van der Waals surface area (Å²) in [6, 6.07) is 8.32. The molecule has 0 aliphatic carbocycles. The van der Waals surface area contributed by atoms with Gasteiger partial charge >= 0.3 is 5.97 Å². The topological polar surface area (TPSA) is 63.3 Å². The van der Waals surface area contributed by atoms with Crippen LogP contribution >= 0.6 is 0 Å². The fraction of sp³-hybridized carbons (Fsp3) is 0.533. The van der Waals surface area contributed by atoms with Crippen LogP contribution in [0.5, 0.6) is 0 Å². The van der Waals surface area contributed by atoms with Crippen molar-refractivity contribution in [3.05, 3.63) is 35.4 Å². The third kappa shape index (κ3) is 4.49. The third-order valence-corrected chi connectivity index (χ3v) is 3.45. The minimum atomic E-state index is -0.755. The molecule has 0 spiro atoms. The van der Waals surface area contributed by atoms with E-state index in [4.69, 9.17) is 10.8 Å². The Morgan fingerprint density at radius 2 is 1.83 bits per heavy atom. The Balaban J connectivity index is 2.53. The van der Waals surface area contributed by atoms with Crippen molar-refractivity contribution >= 4 is 5.97 Å². The van der Waals surface area contributed by atoms with Crippen LogP contribution in [0.15, 0.2) is 24.3 Å². The number of rotatable bonds is 7. The van der Waals surface area contributed by atoms with E-state index in [2.05, 4.69) is 38.1 Å². The maximum atomic E-state index is 10.4. The highest BCUT2D eigenvalue weighted by Gasteiger charge is 2.08. The largest absolute Gasteiger partial charge is 0.481 e. The van der Waals surface area contributed by atoms with E-state index >= 15 is 0 Å². The first-order valence-electron chi connectivity index (χ1n) is 6.61. The van der Waals surface area contributed by atoms with Gasteiger partial charge in [0.25, 0.3) is 0 Å². The standard InChI is InChI=1S/C15H23NO2/c1-3-11(2)12-7-9-13(10-8-12)14(16)5-4-6-15(17)18/h7-11,14H,3-6,16H2,1-2H3,(H,17,18). The van der Waals surface area contributed by atoms with Crippen molar-refractivity contribution in [2.45, 2.75) is 51.5 Å². The lowest BCUT2D eigenvalue weighted by Crippen LogP contribution is -2.11. The lowest BCUT2D eigenvalue weighted by atomic mass is 9.95. The normalized spacial score (nSPS) is 14.2. The van der Waals surface area contributed by atoms with Crippen LogP contribution in [0.1, 0.15) is 62.6 Å². The quantitative estimate of drug-likeness (QED) is 0.778. The molecular weight excluding hydrogens is 226 g/mol. The van der Waals surface area contributed by atoms with E-state index in [0.717, 1.165) is 18.4 Å². The molecule has 3 nitrogen and oxygen atoms in total. The molecule has 100 valence electrons. The minimum Gasteiger partial charge on any atom is -0.481 e. The van der Waals surface area contributed by atoms with Gasteiger partial charge in [-0.25, -0.2) is 0 Å². The van der Waals surface area contributed by atoms with Crippen LogP contribution in [-0.2, 0) is 4.79 Å².